The highest BCUT2D eigenvalue weighted by Crippen LogP contribution is 2.35. The lowest BCUT2D eigenvalue weighted by molar-refractivity contribution is 0.0956. The molecule has 0 atom stereocenters. The van der Waals surface area contributed by atoms with Gasteiger partial charge in [0.25, 0.3) is 11.8 Å². The van der Waals surface area contributed by atoms with Gasteiger partial charge in [0, 0.05) is 38.1 Å². The molecule has 6 amide bonds. The highest BCUT2D eigenvalue weighted by Gasteiger charge is 2.19. The number of imide groups is 2. The first-order valence-electron chi connectivity index (χ1n) is 13.5. The number of fused-ring (bicyclic) bond motifs is 5. The van der Waals surface area contributed by atoms with Gasteiger partial charge in [0.15, 0.2) is 0 Å². The summed E-state index contributed by atoms with van der Waals surface area (Å²) in [6.45, 7) is 1.81. The maximum Gasteiger partial charge on any atom is 0.326 e. The van der Waals surface area contributed by atoms with E-state index in [1.165, 1.54) is 30.3 Å². The molecule has 0 unspecified atom stereocenters. The predicted octanol–water partition coefficient (Wildman–Crippen LogP) is 7.72. The summed E-state index contributed by atoms with van der Waals surface area (Å²) < 4.78 is 0. The molecule has 0 fully saturated rings. The summed E-state index contributed by atoms with van der Waals surface area (Å²) in [4.78, 5) is 53.8. The molecule has 0 aliphatic rings. The normalized spacial score (nSPS) is 11.0. The molecule has 6 rings (SSSR count). The molecule has 12 heteroatoms. The lowest BCUT2D eigenvalue weighted by Gasteiger charge is -2.11. The van der Waals surface area contributed by atoms with Crippen LogP contribution < -0.4 is 21.3 Å². The molecular formula is C33H23Cl2N5O5. The van der Waals surface area contributed by atoms with Gasteiger partial charge in [0.1, 0.15) is 5.75 Å². The van der Waals surface area contributed by atoms with E-state index in [-0.39, 0.29) is 27.6 Å². The van der Waals surface area contributed by atoms with Gasteiger partial charge in [-0.25, -0.2) is 9.59 Å². The smallest absolute Gasteiger partial charge is 0.326 e. The topological polar surface area (TPSA) is 152 Å². The van der Waals surface area contributed by atoms with Crippen LogP contribution in [-0.2, 0) is 0 Å². The van der Waals surface area contributed by atoms with Gasteiger partial charge in [-0.1, -0.05) is 53.5 Å². The lowest BCUT2D eigenvalue weighted by Crippen LogP contribution is -2.35. The molecule has 45 heavy (non-hydrogen) atoms. The van der Waals surface area contributed by atoms with E-state index in [1.54, 1.807) is 18.2 Å². The first-order chi connectivity index (χ1) is 21.6. The van der Waals surface area contributed by atoms with Crippen molar-refractivity contribution in [1.29, 1.82) is 0 Å². The van der Waals surface area contributed by atoms with Crippen LogP contribution in [0.3, 0.4) is 0 Å². The number of nitrogens with one attached hydrogen (secondary N) is 5. The zero-order valence-corrected chi connectivity index (χ0v) is 24.9. The Morgan fingerprint density at radius 3 is 2.20 bits per heavy atom. The predicted molar refractivity (Wildman–Crippen MR) is 176 cm³/mol. The number of hydrogen-bond donors (Lipinski definition) is 6. The van der Waals surface area contributed by atoms with E-state index >= 15 is 0 Å². The molecule has 0 spiro atoms. The fourth-order valence-electron chi connectivity index (χ4n) is 5.03. The monoisotopic (exact) mass is 639 g/mol. The number of urea groups is 2. The van der Waals surface area contributed by atoms with Crippen LogP contribution in [-0.4, -0.2) is 34.0 Å². The van der Waals surface area contributed by atoms with Gasteiger partial charge in [-0.05, 0) is 72.5 Å². The number of phenolic OH excluding ortho intramolecular Hbond substituents is 1. The van der Waals surface area contributed by atoms with Gasteiger partial charge in [-0.2, -0.15) is 0 Å². The number of para-hydroxylation sites is 1. The van der Waals surface area contributed by atoms with Crippen LogP contribution >= 0.6 is 23.2 Å². The van der Waals surface area contributed by atoms with Crippen molar-refractivity contribution in [1.82, 2.24) is 15.6 Å². The first-order valence-corrected chi connectivity index (χ1v) is 14.3. The van der Waals surface area contributed by atoms with Crippen LogP contribution in [0.15, 0.2) is 84.9 Å². The van der Waals surface area contributed by atoms with Crippen molar-refractivity contribution >= 4 is 91.0 Å². The number of anilines is 2. The number of carbonyl (C=O) groups is 4. The van der Waals surface area contributed by atoms with E-state index in [4.69, 9.17) is 23.2 Å². The van der Waals surface area contributed by atoms with Gasteiger partial charge in [0.2, 0.25) is 0 Å². The average molecular weight is 640 g/mol. The summed E-state index contributed by atoms with van der Waals surface area (Å²) in [6, 6.07) is 21.6. The molecule has 10 nitrogen and oxygen atoms in total. The highest BCUT2D eigenvalue weighted by molar-refractivity contribution is 6.34. The second-order valence-corrected chi connectivity index (χ2v) is 11.1. The zero-order chi connectivity index (χ0) is 31.8. The molecule has 0 bridgehead atoms. The van der Waals surface area contributed by atoms with Crippen molar-refractivity contribution < 1.29 is 24.3 Å². The van der Waals surface area contributed by atoms with Gasteiger partial charge in [-0.15, -0.1) is 0 Å². The highest BCUT2D eigenvalue weighted by atomic mass is 35.5. The molecule has 224 valence electrons. The third kappa shape index (κ3) is 5.97. The summed E-state index contributed by atoms with van der Waals surface area (Å²) in [5, 5.41) is 23.9. The number of hydrogen-bond acceptors (Lipinski definition) is 5. The molecule has 1 aromatic heterocycles. The Morgan fingerprint density at radius 1 is 0.711 bits per heavy atom. The minimum absolute atomic E-state index is 0.00751. The molecule has 0 aliphatic heterocycles. The van der Waals surface area contributed by atoms with Crippen LogP contribution in [0.1, 0.15) is 26.3 Å². The number of phenols is 1. The second kappa shape index (κ2) is 11.8. The Labute approximate surface area is 265 Å². The number of aryl methyl sites for hydroxylation is 1. The SMILES string of the molecule is Cc1ccccc1NC(=O)NC(=O)c1ccc(NC(=O)NC(=O)c2cc3ccc4c5cc(Cl)ccc5[nH]c4c3cc2O)cc1Cl. The second-order valence-electron chi connectivity index (χ2n) is 10.2. The maximum absolute atomic E-state index is 12.9. The Bertz CT molecular complexity index is 2210. The largest absolute Gasteiger partial charge is 0.507 e. The van der Waals surface area contributed by atoms with Crippen molar-refractivity contribution in [3.8, 4) is 5.75 Å². The van der Waals surface area contributed by atoms with E-state index in [0.29, 0.717) is 21.5 Å². The number of aromatic nitrogens is 1. The van der Waals surface area contributed by atoms with E-state index in [1.807, 2.05) is 43.3 Å². The fourth-order valence-corrected chi connectivity index (χ4v) is 5.47. The molecule has 0 saturated carbocycles. The maximum atomic E-state index is 12.9. The van der Waals surface area contributed by atoms with E-state index in [9.17, 15) is 24.3 Å². The third-order valence-corrected chi connectivity index (χ3v) is 7.78. The van der Waals surface area contributed by atoms with Crippen molar-refractivity contribution in [2.45, 2.75) is 6.92 Å². The van der Waals surface area contributed by atoms with Gasteiger partial charge in [-0.3, -0.25) is 20.2 Å². The third-order valence-electron chi connectivity index (χ3n) is 7.23. The van der Waals surface area contributed by atoms with Crippen LogP contribution in [0.2, 0.25) is 10.0 Å². The summed E-state index contributed by atoms with van der Waals surface area (Å²) in [6.07, 6.45) is 0. The number of H-pyrrole nitrogens is 1. The standard InChI is InChI=1S/C33H23Cl2N5O5/c1-16-4-2-3-5-26(16)38-33(45)39-30(42)21-10-8-19(14-25(21)35)36-32(44)40-31(43)24-12-17-6-9-20-23-13-18(34)7-11-27(23)37-29(20)22(17)15-28(24)41/h2-15,37,41H,1H3,(H2,36,40,43,44)(H2,38,39,42,45). The molecule has 6 N–H and O–H groups in total. The zero-order valence-electron chi connectivity index (χ0n) is 23.4. The fraction of sp³-hybridized carbons (Fsp3) is 0.0303. The average Bonchev–Trinajstić information content (AvgIpc) is 3.36. The molecule has 5 aromatic carbocycles. The number of aromatic hydroxyl groups is 1. The van der Waals surface area contributed by atoms with Crippen LogP contribution in [0.5, 0.6) is 5.75 Å². The van der Waals surface area contributed by atoms with Crippen LogP contribution in [0.25, 0.3) is 32.6 Å². The van der Waals surface area contributed by atoms with Crippen LogP contribution in [0, 0.1) is 6.92 Å². The van der Waals surface area contributed by atoms with E-state index in [0.717, 1.165) is 27.4 Å². The first kappa shape index (κ1) is 29.5. The Kier molecular flexibility index (Phi) is 7.76. The summed E-state index contributed by atoms with van der Waals surface area (Å²) in [5.41, 5.74) is 3.07. The Hall–Kier alpha value is -5.58. The molecule has 6 aromatic rings. The summed E-state index contributed by atoms with van der Waals surface area (Å²) in [5.74, 6) is -1.91. The molecular weight excluding hydrogens is 617 g/mol. The van der Waals surface area contributed by atoms with Crippen molar-refractivity contribution in [3.63, 3.8) is 0 Å². The number of amides is 6. The number of rotatable bonds is 4. The van der Waals surface area contributed by atoms with E-state index < -0.39 is 23.9 Å². The number of aromatic amines is 1. The quantitative estimate of drug-likeness (QED) is 0.117. The molecule has 0 aliphatic carbocycles. The van der Waals surface area contributed by atoms with Crippen molar-refractivity contribution in [2.75, 3.05) is 10.6 Å². The van der Waals surface area contributed by atoms with Crippen molar-refractivity contribution in [3.05, 3.63) is 112 Å². The number of halogens is 2. The molecule has 1 heterocycles. The minimum atomic E-state index is -0.895. The Balaban J connectivity index is 1.13. The van der Waals surface area contributed by atoms with E-state index in [2.05, 4.69) is 26.3 Å². The minimum Gasteiger partial charge on any atom is -0.507 e. The van der Waals surface area contributed by atoms with Gasteiger partial charge in [0.05, 0.1) is 21.7 Å². The molecule has 0 saturated heterocycles. The molecule has 0 radical (unpaired) electrons. The summed E-state index contributed by atoms with van der Waals surface area (Å²) >= 11 is 12.4. The van der Waals surface area contributed by atoms with Crippen molar-refractivity contribution in [2.24, 2.45) is 0 Å². The lowest BCUT2D eigenvalue weighted by atomic mass is 10.0. The Morgan fingerprint density at radius 2 is 1.44 bits per heavy atom. The number of carbonyl (C=O) groups excluding carboxylic acids is 4. The van der Waals surface area contributed by atoms with Gasteiger partial charge < -0.3 is 20.7 Å². The van der Waals surface area contributed by atoms with Crippen LogP contribution in [0.4, 0.5) is 21.0 Å². The summed E-state index contributed by atoms with van der Waals surface area (Å²) in [7, 11) is 0. The number of benzene rings is 5. The van der Waals surface area contributed by atoms with Gasteiger partial charge >= 0.3 is 12.1 Å².